The number of thioether (sulfide) groups is 1. The summed E-state index contributed by atoms with van der Waals surface area (Å²) in [4.78, 5) is 24.9. The molecule has 0 radical (unpaired) electrons. The van der Waals surface area contributed by atoms with Gasteiger partial charge in [-0.15, -0.1) is 11.8 Å². The average molecular weight is 348 g/mol. The van der Waals surface area contributed by atoms with Crippen molar-refractivity contribution in [2.24, 2.45) is 0 Å². The quantitative estimate of drug-likeness (QED) is 0.781. The van der Waals surface area contributed by atoms with E-state index in [1.165, 1.54) is 18.9 Å². The lowest BCUT2D eigenvalue weighted by atomic mass is 10.4. The van der Waals surface area contributed by atoms with Gasteiger partial charge in [-0.25, -0.2) is 0 Å². The topological polar surface area (TPSA) is 59.8 Å². The van der Waals surface area contributed by atoms with E-state index in [-0.39, 0.29) is 17.1 Å². The van der Waals surface area contributed by atoms with Crippen LogP contribution >= 0.6 is 27.7 Å². The number of carbonyl (C=O) groups is 2. The SMILES string of the molecule is COC(=O)CS[C@@H]1CCN(C(=O)c2ccc(Br)o2)C1. The van der Waals surface area contributed by atoms with Gasteiger partial charge in [-0.1, -0.05) is 0 Å². The van der Waals surface area contributed by atoms with Crippen LogP contribution < -0.4 is 0 Å². The molecule has 0 spiro atoms. The third-order valence-electron chi connectivity index (χ3n) is 2.88. The van der Waals surface area contributed by atoms with Crippen LogP contribution in [0.15, 0.2) is 21.2 Å². The summed E-state index contributed by atoms with van der Waals surface area (Å²) in [6.45, 7) is 1.33. The van der Waals surface area contributed by atoms with E-state index in [0.717, 1.165) is 6.42 Å². The van der Waals surface area contributed by atoms with E-state index in [2.05, 4.69) is 20.7 Å². The van der Waals surface area contributed by atoms with Crippen molar-refractivity contribution in [3.63, 3.8) is 0 Å². The fourth-order valence-corrected chi connectivity index (χ4v) is 3.23. The molecule has 1 saturated heterocycles. The van der Waals surface area contributed by atoms with Crippen LogP contribution in [-0.2, 0) is 9.53 Å². The first-order valence-electron chi connectivity index (χ1n) is 5.83. The zero-order chi connectivity index (χ0) is 13.8. The van der Waals surface area contributed by atoms with Crippen LogP contribution in [-0.4, -0.2) is 48.0 Å². The molecule has 104 valence electrons. The van der Waals surface area contributed by atoms with E-state index >= 15 is 0 Å². The highest BCUT2D eigenvalue weighted by atomic mass is 79.9. The van der Waals surface area contributed by atoms with Gasteiger partial charge < -0.3 is 14.1 Å². The van der Waals surface area contributed by atoms with Crippen molar-refractivity contribution in [1.82, 2.24) is 4.90 Å². The van der Waals surface area contributed by atoms with Gasteiger partial charge in [-0.3, -0.25) is 9.59 Å². The number of carbonyl (C=O) groups excluding carboxylic acids is 2. The average Bonchev–Trinajstić information content (AvgIpc) is 3.04. The number of nitrogens with zero attached hydrogens (tertiary/aromatic N) is 1. The minimum atomic E-state index is -0.232. The van der Waals surface area contributed by atoms with Crippen molar-refractivity contribution < 1.29 is 18.7 Å². The summed E-state index contributed by atoms with van der Waals surface area (Å²) < 4.78 is 10.4. The molecule has 19 heavy (non-hydrogen) atoms. The van der Waals surface area contributed by atoms with Crippen molar-refractivity contribution in [3.05, 3.63) is 22.6 Å². The highest BCUT2D eigenvalue weighted by Gasteiger charge is 2.29. The second-order valence-electron chi connectivity index (χ2n) is 4.15. The van der Waals surface area contributed by atoms with Gasteiger partial charge in [0.15, 0.2) is 10.4 Å². The van der Waals surface area contributed by atoms with Gasteiger partial charge in [-0.2, -0.15) is 0 Å². The molecule has 0 aromatic carbocycles. The molecule has 1 aliphatic heterocycles. The number of likely N-dealkylation sites (tertiary alicyclic amines) is 1. The summed E-state index contributed by atoms with van der Waals surface area (Å²) in [5.74, 6) is 0.331. The monoisotopic (exact) mass is 347 g/mol. The largest absolute Gasteiger partial charge is 0.468 e. The molecule has 1 aromatic rings. The van der Waals surface area contributed by atoms with Crippen molar-refractivity contribution in [2.75, 3.05) is 26.0 Å². The molecule has 0 N–H and O–H groups in total. The first-order chi connectivity index (χ1) is 9.10. The maximum absolute atomic E-state index is 12.1. The van der Waals surface area contributed by atoms with Crippen molar-refractivity contribution in [3.8, 4) is 0 Å². The van der Waals surface area contributed by atoms with Crippen LogP contribution in [0.4, 0.5) is 0 Å². The second-order valence-corrected chi connectivity index (χ2v) is 6.22. The predicted molar refractivity (Wildman–Crippen MR) is 75.2 cm³/mol. The maximum Gasteiger partial charge on any atom is 0.315 e. The molecule has 0 saturated carbocycles. The van der Waals surface area contributed by atoms with Gasteiger partial charge in [-0.05, 0) is 34.5 Å². The van der Waals surface area contributed by atoms with E-state index in [4.69, 9.17) is 4.42 Å². The molecular weight excluding hydrogens is 334 g/mol. The van der Waals surface area contributed by atoms with Gasteiger partial charge in [0.25, 0.3) is 5.91 Å². The van der Waals surface area contributed by atoms with Crippen LogP contribution in [0.1, 0.15) is 17.0 Å². The standard InChI is InChI=1S/C12H14BrNO4S/c1-17-11(15)7-19-8-4-5-14(6-8)12(16)9-2-3-10(13)18-9/h2-3,8H,4-7H2,1H3/t8-/m1/s1. The lowest BCUT2D eigenvalue weighted by molar-refractivity contribution is -0.137. The summed E-state index contributed by atoms with van der Waals surface area (Å²) in [6.07, 6.45) is 0.884. The van der Waals surface area contributed by atoms with Gasteiger partial charge >= 0.3 is 5.97 Å². The fourth-order valence-electron chi connectivity index (χ4n) is 1.88. The minimum absolute atomic E-state index is 0.105. The Hall–Kier alpha value is -0.950. The predicted octanol–water partition coefficient (Wildman–Crippen LogP) is 2.16. The van der Waals surface area contributed by atoms with Gasteiger partial charge in [0, 0.05) is 18.3 Å². The Labute approximate surface area is 123 Å². The molecule has 7 heteroatoms. The first-order valence-corrected chi connectivity index (χ1v) is 7.67. The molecule has 1 aromatic heterocycles. The molecule has 1 atom stereocenters. The van der Waals surface area contributed by atoms with Crippen LogP contribution in [0.25, 0.3) is 0 Å². The number of esters is 1. The normalized spacial score (nSPS) is 18.6. The zero-order valence-electron chi connectivity index (χ0n) is 10.4. The Balaban J connectivity index is 1.84. The Kier molecular flexibility index (Phi) is 4.93. The molecule has 2 heterocycles. The Bertz CT molecular complexity index is 476. The molecule has 1 fully saturated rings. The lowest BCUT2D eigenvalue weighted by Gasteiger charge is -2.14. The number of methoxy groups -OCH3 is 1. The number of hydrogen-bond donors (Lipinski definition) is 0. The van der Waals surface area contributed by atoms with Crippen LogP contribution in [0.2, 0.25) is 0 Å². The molecule has 0 unspecified atom stereocenters. The molecular formula is C12H14BrNO4S. The first kappa shape index (κ1) is 14.5. The Morgan fingerprint density at radius 3 is 3.00 bits per heavy atom. The number of ether oxygens (including phenoxy) is 1. The fraction of sp³-hybridized carbons (Fsp3) is 0.500. The number of amides is 1. The molecule has 0 bridgehead atoms. The Morgan fingerprint density at radius 2 is 2.37 bits per heavy atom. The van der Waals surface area contributed by atoms with Crippen LogP contribution in [0.3, 0.4) is 0 Å². The Morgan fingerprint density at radius 1 is 1.58 bits per heavy atom. The van der Waals surface area contributed by atoms with Gasteiger partial charge in [0.2, 0.25) is 0 Å². The van der Waals surface area contributed by atoms with Crippen LogP contribution in [0, 0.1) is 0 Å². The zero-order valence-corrected chi connectivity index (χ0v) is 12.8. The van der Waals surface area contributed by atoms with E-state index in [1.807, 2.05) is 0 Å². The summed E-state index contributed by atoms with van der Waals surface area (Å²) in [6, 6.07) is 3.36. The summed E-state index contributed by atoms with van der Waals surface area (Å²) in [5, 5.41) is 0.279. The summed E-state index contributed by atoms with van der Waals surface area (Å²) in [7, 11) is 1.38. The molecule has 1 amide bonds. The highest BCUT2D eigenvalue weighted by Crippen LogP contribution is 2.25. The number of furan rings is 1. The van der Waals surface area contributed by atoms with E-state index in [0.29, 0.717) is 29.3 Å². The maximum atomic E-state index is 12.1. The molecule has 1 aliphatic rings. The van der Waals surface area contributed by atoms with E-state index in [9.17, 15) is 9.59 Å². The van der Waals surface area contributed by atoms with Crippen LogP contribution in [0.5, 0.6) is 0 Å². The number of hydrogen-bond acceptors (Lipinski definition) is 5. The molecule has 5 nitrogen and oxygen atoms in total. The minimum Gasteiger partial charge on any atom is -0.468 e. The number of rotatable bonds is 4. The van der Waals surface area contributed by atoms with Crippen molar-refractivity contribution >= 4 is 39.6 Å². The summed E-state index contributed by atoms with van der Waals surface area (Å²) >= 11 is 4.71. The smallest absolute Gasteiger partial charge is 0.315 e. The van der Waals surface area contributed by atoms with Crippen molar-refractivity contribution in [2.45, 2.75) is 11.7 Å². The third kappa shape index (κ3) is 3.76. The van der Waals surface area contributed by atoms with E-state index < -0.39 is 0 Å². The second kappa shape index (κ2) is 6.47. The number of halogens is 1. The molecule has 2 rings (SSSR count). The van der Waals surface area contributed by atoms with Gasteiger partial charge in [0.1, 0.15) is 0 Å². The molecule has 0 aliphatic carbocycles. The van der Waals surface area contributed by atoms with E-state index in [1.54, 1.807) is 17.0 Å². The third-order valence-corrected chi connectivity index (χ3v) is 4.57. The highest BCUT2D eigenvalue weighted by molar-refractivity contribution is 9.10. The lowest BCUT2D eigenvalue weighted by Crippen LogP contribution is -2.28. The van der Waals surface area contributed by atoms with Crippen molar-refractivity contribution in [1.29, 1.82) is 0 Å². The summed E-state index contributed by atoms with van der Waals surface area (Å²) in [5.41, 5.74) is 0. The van der Waals surface area contributed by atoms with Gasteiger partial charge in [0.05, 0.1) is 12.9 Å².